The summed E-state index contributed by atoms with van der Waals surface area (Å²) >= 11 is 0. The molecule has 1 aliphatic heterocycles. The van der Waals surface area contributed by atoms with Gasteiger partial charge in [0.05, 0.1) is 11.9 Å². The number of amides is 1. The standard InChI is InChI=1S/C20H20F2N6O/c21-17(22)16-10-15(12-5-6-12)25-18-13(11-24-28(16)18)20(29)26-14-4-3-7-23-19(14)27-8-1-2-9-27/h3-4,7,10-12,17H,1-2,5-6,8-9H2,(H,26,29). The first-order chi connectivity index (χ1) is 14.1. The van der Waals surface area contributed by atoms with Gasteiger partial charge in [0, 0.05) is 30.9 Å². The van der Waals surface area contributed by atoms with Crippen LogP contribution in [0, 0.1) is 0 Å². The summed E-state index contributed by atoms with van der Waals surface area (Å²) in [6.45, 7) is 1.78. The topological polar surface area (TPSA) is 75.4 Å². The lowest BCUT2D eigenvalue weighted by atomic mass is 10.2. The van der Waals surface area contributed by atoms with Crippen molar-refractivity contribution in [3.8, 4) is 0 Å². The maximum Gasteiger partial charge on any atom is 0.280 e. The van der Waals surface area contributed by atoms with Crippen LogP contribution >= 0.6 is 0 Å². The summed E-state index contributed by atoms with van der Waals surface area (Å²) in [6.07, 6.45) is 4.31. The van der Waals surface area contributed by atoms with Gasteiger partial charge in [-0.3, -0.25) is 4.79 Å². The van der Waals surface area contributed by atoms with Crippen LogP contribution in [0.4, 0.5) is 20.3 Å². The predicted octanol–water partition coefficient (Wildman–Crippen LogP) is 3.79. The van der Waals surface area contributed by atoms with Gasteiger partial charge in [-0.15, -0.1) is 0 Å². The van der Waals surface area contributed by atoms with Gasteiger partial charge in [-0.2, -0.15) is 5.10 Å². The molecule has 0 spiro atoms. The minimum absolute atomic E-state index is 0.161. The molecule has 1 amide bonds. The highest BCUT2D eigenvalue weighted by atomic mass is 19.3. The molecular weight excluding hydrogens is 378 g/mol. The third kappa shape index (κ3) is 3.30. The number of hydrogen-bond donors (Lipinski definition) is 1. The molecule has 1 N–H and O–H groups in total. The Labute approximate surface area is 165 Å². The Hall–Kier alpha value is -3.10. The fourth-order valence-electron chi connectivity index (χ4n) is 3.77. The normalized spacial score (nSPS) is 16.7. The monoisotopic (exact) mass is 398 g/mol. The predicted molar refractivity (Wildman–Crippen MR) is 104 cm³/mol. The molecule has 2 fully saturated rings. The molecule has 3 aromatic rings. The average Bonchev–Trinajstić information content (AvgIpc) is 3.25. The van der Waals surface area contributed by atoms with E-state index in [-0.39, 0.29) is 22.8 Å². The molecule has 1 saturated carbocycles. The lowest BCUT2D eigenvalue weighted by Crippen LogP contribution is -2.22. The number of carbonyl (C=O) groups excluding carboxylic acids is 1. The number of fused-ring (bicyclic) bond motifs is 1. The second kappa shape index (κ2) is 7.06. The fourth-order valence-corrected chi connectivity index (χ4v) is 3.77. The van der Waals surface area contributed by atoms with Crippen molar-refractivity contribution in [3.63, 3.8) is 0 Å². The molecule has 1 saturated heterocycles. The van der Waals surface area contributed by atoms with Gasteiger partial charge in [-0.25, -0.2) is 23.3 Å². The number of anilines is 2. The SMILES string of the molecule is O=C(Nc1cccnc1N1CCCC1)c1cnn2c(C(F)F)cc(C3CC3)nc12. The minimum atomic E-state index is -2.70. The smallest absolute Gasteiger partial charge is 0.280 e. The number of hydrogen-bond acceptors (Lipinski definition) is 5. The second-order valence-electron chi connectivity index (χ2n) is 7.50. The van der Waals surface area contributed by atoms with E-state index in [1.165, 1.54) is 12.3 Å². The van der Waals surface area contributed by atoms with E-state index in [0.29, 0.717) is 11.4 Å². The first-order valence-electron chi connectivity index (χ1n) is 9.80. The zero-order chi connectivity index (χ0) is 20.0. The minimum Gasteiger partial charge on any atom is -0.355 e. The van der Waals surface area contributed by atoms with Crippen LogP contribution in [-0.4, -0.2) is 38.6 Å². The summed E-state index contributed by atoms with van der Waals surface area (Å²) in [5.74, 6) is 0.465. The number of carbonyl (C=O) groups is 1. The number of pyridine rings is 1. The van der Waals surface area contributed by atoms with Gasteiger partial charge >= 0.3 is 0 Å². The Morgan fingerprint density at radius 1 is 1.24 bits per heavy atom. The first-order valence-corrected chi connectivity index (χ1v) is 9.80. The molecule has 7 nitrogen and oxygen atoms in total. The van der Waals surface area contributed by atoms with E-state index in [0.717, 1.165) is 49.1 Å². The molecule has 0 bridgehead atoms. The molecule has 5 rings (SSSR count). The Morgan fingerprint density at radius 2 is 2.03 bits per heavy atom. The highest BCUT2D eigenvalue weighted by molar-refractivity contribution is 6.09. The van der Waals surface area contributed by atoms with Gasteiger partial charge in [-0.1, -0.05) is 0 Å². The third-order valence-electron chi connectivity index (χ3n) is 5.42. The average molecular weight is 398 g/mol. The van der Waals surface area contributed by atoms with Crippen molar-refractivity contribution in [2.45, 2.75) is 38.0 Å². The van der Waals surface area contributed by atoms with Gasteiger partial charge in [0.25, 0.3) is 12.3 Å². The van der Waals surface area contributed by atoms with Gasteiger partial charge in [0.15, 0.2) is 11.5 Å². The van der Waals surface area contributed by atoms with Crippen LogP contribution in [0.25, 0.3) is 5.65 Å². The maximum absolute atomic E-state index is 13.5. The van der Waals surface area contributed by atoms with Gasteiger partial charge in [0.2, 0.25) is 0 Å². The molecule has 2 aliphatic rings. The van der Waals surface area contributed by atoms with Crippen LogP contribution in [0.5, 0.6) is 0 Å². The second-order valence-corrected chi connectivity index (χ2v) is 7.50. The van der Waals surface area contributed by atoms with E-state index >= 15 is 0 Å². The van der Waals surface area contributed by atoms with Gasteiger partial charge in [-0.05, 0) is 43.9 Å². The molecule has 4 heterocycles. The van der Waals surface area contributed by atoms with Crippen molar-refractivity contribution >= 4 is 23.1 Å². The number of nitrogens with zero attached hydrogens (tertiary/aromatic N) is 5. The van der Waals surface area contributed by atoms with Crippen LogP contribution in [0.15, 0.2) is 30.6 Å². The van der Waals surface area contributed by atoms with E-state index in [1.54, 1.807) is 18.3 Å². The highest BCUT2D eigenvalue weighted by Gasteiger charge is 2.29. The lowest BCUT2D eigenvalue weighted by Gasteiger charge is -2.19. The van der Waals surface area contributed by atoms with Crippen molar-refractivity contribution in [3.05, 3.63) is 47.5 Å². The van der Waals surface area contributed by atoms with Crippen molar-refractivity contribution in [1.29, 1.82) is 0 Å². The zero-order valence-corrected chi connectivity index (χ0v) is 15.7. The number of alkyl halides is 2. The number of aromatic nitrogens is 4. The van der Waals surface area contributed by atoms with E-state index in [2.05, 4.69) is 25.3 Å². The van der Waals surface area contributed by atoms with Gasteiger partial charge < -0.3 is 10.2 Å². The zero-order valence-electron chi connectivity index (χ0n) is 15.7. The van der Waals surface area contributed by atoms with Crippen LogP contribution in [0.1, 0.15) is 59.8 Å². The molecule has 0 atom stereocenters. The lowest BCUT2D eigenvalue weighted by molar-refractivity contribution is 0.102. The first kappa shape index (κ1) is 18.0. The van der Waals surface area contributed by atoms with Crippen molar-refractivity contribution in [1.82, 2.24) is 19.6 Å². The maximum atomic E-state index is 13.5. The third-order valence-corrected chi connectivity index (χ3v) is 5.42. The molecule has 29 heavy (non-hydrogen) atoms. The Balaban J connectivity index is 1.51. The summed E-state index contributed by atoms with van der Waals surface area (Å²) in [5, 5.41) is 6.88. The summed E-state index contributed by atoms with van der Waals surface area (Å²) in [7, 11) is 0. The molecule has 0 unspecified atom stereocenters. The van der Waals surface area contributed by atoms with Crippen molar-refractivity contribution < 1.29 is 13.6 Å². The van der Waals surface area contributed by atoms with Gasteiger partial charge in [0.1, 0.15) is 11.3 Å². The molecule has 1 aliphatic carbocycles. The molecule has 0 aromatic carbocycles. The van der Waals surface area contributed by atoms with Crippen molar-refractivity contribution in [2.24, 2.45) is 0 Å². The molecule has 9 heteroatoms. The van der Waals surface area contributed by atoms with E-state index in [9.17, 15) is 13.6 Å². The van der Waals surface area contributed by atoms with Crippen LogP contribution in [0.3, 0.4) is 0 Å². The summed E-state index contributed by atoms with van der Waals surface area (Å²) < 4.78 is 28.1. The van der Waals surface area contributed by atoms with E-state index in [1.807, 2.05) is 0 Å². The Bertz CT molecular complexity index is 1070. The number of halogens is 2. The summed E-state index contributed by atoms with van der Waals surface area (Å²) in [4.78, 5) is 24.0. The Morgan fingerprint density at radius 3 is 2.76 bits per heavy atom. The largest absolute Gasteiger partial charge is 0.355 e. The van der Waals surface area contributed by atoms with E-state index in [4.69, 9.17) is 0 Å². The molecule has 150 valence electrons. The number of rotatable bonds is 5. The van der Waals surface area contributed by atoms with Crippen LogP contribution in [0.2, 0.25) is 0 Å². The van der Waals surface area contributed by atoms with Crippen LogP contribution < -0.4 is 10.2 Å². The van der Waals surface area contributed by atoms with Crippen molar-refractivity contribution in [2.75, 3.05) is 23.3 Å². The summed E-state index contributed by atoms with van der Waals surface area (Å²) in [6, 6.07) is 4.94. The highest BCUT2D eigenvalue weighted by Crippen LogP contribution is 2.40. The van der Waals surface area contributed by atoms with E-state index < -0.39 is 12.3 Å². The molecular formula is C20H20F2N6O. The summed E-state index contributed by atoms with van der Waals surface area (Å²) in [5.41, 5.74) is 1.28. The quantitative estimate of drug-likeness (QED) is 0.708. The Kier molecular flexibility index (Phi) is 4.37. The fraction of sp³-hybridized carbons (Fsp3) is 0.400. The molecule has 0 radical (unpaired) electrons. The van der Waals surface area contributed by atoms with Crippen LogP contribution in [-0.2, 0) is 0 Å². The number of nitrogens with one attached hydrogen (secondary N) is 1. The molecule has 3 aromatic heterocycles.